The Labute approximate surface area is 526 Å². The molecule has 502 valence electrons. The SMILES string of the molecule is CCCCN(C(=O)CCC(=O)N(CCCC)C1CC(C)(C)NC(C)(C)C1)C1CC(C)(C)NC(C)(C)C1.CCCN(C(C)=O)C1CC(C)(C)N(C)C(C)(C)C1.CN1C(C)(C)CC(NC(=O)C(O)C(O)C(=O)NC2CC(C)(C)N(C)C(C)(C)C2)CC1(C)C. The Kier molecular flexibility index (Phi) is 26.6. The van der Waals surface area contributed by atoms with Gasteiger partial charge >= 0.3 is 0 Å². The molecule has 6 N–H and O–H groups in total. The monoisotopic (exact) mass is 1220 g/mol. The van der Waals surface area contributed by atoms with Crippen LogP contribution in [-0.4, -0.2) is 208 Å². The van der Waals surface area contributed by atoms with Gasteiger partial charge in [0.05, 0.1) is 0 Å². The first-order chi connectivity index (χ1) is 38.9. The van der Waals surface area contributed by atoms with E-state index in [1.54, 1.807) is 6.92 Å². The first-order valence-corrected chi connectivity index (χ1v) is 33.5. The van der Waals surface area contributed by atoms with Crippen LogP contribution in [0.3, 0.4) is 0 Å². The predicted octanol–water partition coefficient (Wildman–Crippen LogP) is 9.78. The van der Waals surface area contributed by atoms with Crippen molar-refractivity contribution in [2.45, 2.75) is 373 Å². The number of unbranched alkanes of at least 4 members (excludes halogenated alkanes) is 2. The zero-order valence-electron chi connectivity index (χ0n) is 60.3. The molecule has 0 bridgehead atoms. The number of carbonyl (C=O) groups is 5. The summed E-state index contributed by atoms with van der Waals surface area (Å²) in [5.41, 5.74) is -0.290. The molecule has 86 heavy (non-hydrogen) atoms. The fraction of sp³-hybridized carbons (Fsp3) is 0.928. The molecule has 2 atom stereocenters. The van der Waals surface area contributed by atoms with Crippen LogP contribution >= 0.6 is 0 Å². The van der Waals surface area contributed by atoms with Crippen molar-refractivity contribution in [1.29, 1.82) is 0 Å². The Morgan fingerprint density at radius 1 is 0.419 bits per heavy atom. The number of likely N-dealkylation sites (tertiary alicyclic amines) is 3. The topological polar surface area (TPSA) is 193 Å². The second-order valence-corrected chi connectivity index (χ2v) is 33.7. The van der Waals surface area contributed by atoms with Crippen LogP contribution < -0.4 is 21.3 Å². The van der Waals surface area contributed by atoms with Gasteiger partial charge in [0, 0.05) is 125 Å². The first kappa shape index (κ1) is 77.3. The normalized spacial score (nSPS) is 25.2. The van der Waals surface area contributed by atoms with Crippen LogP contribution in [0, 0.1) is 0 Å². The van der Waals surface area contributed by atoms with Gasteiger partial charge in [-0.2, -0.15) is 0 Å². The molecule has 0 saturated carbocycles. The van der Waals surface area contributed by atoms with Crippen LogP contribution in [0.5, 0.6) is 0 Å². The second-order valence-electron chi connectivity index (χ2n) is 33.7. The minimum atomic E-state index is -1.81. The summed E-state index contributed by atoms with van der Waals surface area (Å²) in [6.07, 6.45) is 10.9. The lowest BCUT2D eigenvalue weighted by Gasteiger charge is -2.55. The highest BCUT2D eigenvalue weighted by Crippen LogP contribution is 2.41. The van der Waals surface area contributed by atoms with E-state index < -0.39 is 24.0 Å². The van der Waals surface area contributed by atoms with Crippen molar-refractivity contribution in [2.75, 3.05) is 40.8 Å². The number of nitrogens with one attached hydrogen (secondary N) is 4. The molecule has 5 heterocycles. The molecule has 5 amide bonds. The number of rotatable bonds is 19. The highest BCUT2D eigenvalue weighted by atomic mass is 16.3. The predicted molar refractivity (Wildman–Crippen MR) is 354 cm³/mol. The largest absolute Gasteiger partial charge is 0.380 e. The van der Waals surface area contributed by atoms with E-state index in [4.69, 9.17) is 0 Å². The number of aliphatic hydroxyl groups is 2. The molecular weight excluding hydrogens is 1080 g/mol. The van der Waals surface area contributed by atoms with E-state index in [0.717, 1.165) is 90.3 Å². The van der Waals surface area contributed by atoms with Gasteiger partial charge in [-0.05, 0) is 243 Å². The van der Waals surface area contributed by atoms with E-state index in [2.05, 4.69) is 231 Å². The lowest BCUT2D eigenvalue weighted by atomic mass is 9.77. The molecule has 0 aromatic rings. The van der Waals surface area contributed by atoms with Gasteiger partial charge in [0.2, 0.25) is 17.7 Å². The average molecular weight is 1220 g/mol. The molecule has 5 fully saturated rings. The number of amides is 5. The fourth-order valence-corrected chi connectivity index (χ4v) is 16.3. The summed E-state index contributed by atoms with van der Waals surface area (Å²) in [5, 5.41) is 34.1. The molecule has 17 nitrogen and oxygen atoms in total. The van der Waals surface area contributed by atoms with Crippen LogP contribution in [0.25, 0.3) is 0 Å². The molecule has 0 radical (unpaired) electrons. The number of carbonyl (C=O) groups excluding carboxylic acids is 5. The molecule has 17 heteroatoms. The summed E-state index contributed by atoms with van der Waals surface area (Å²) in [6.45, 7) is 54.7. The Morgan fingerprint density at radius 2 is 0.674 bits per heavy atom. The van der Waals surface area contributed by atoms with Crippen LogP contribution in [0.4, 0.5) is 0 Å². The van der Waals surface area contributed by atoms with E-state index in [-0.39, 0.29) is 97.3 Å². The van der Waals surface area contributed by atoms with Crippen molar-refractivity contribution in [3.05, 3.63) is 0 Å². The molecule has 5 aliphatic rings. The molecule has 0 aromatic heterocycles. The molecule has 0 spiro atoms. The van der Waals surface area contributed by atoms with Crippen LogP contribution in [0.2, 0.25) is 0 Å². The lowest BCUT2D eigenvalue weighted by Crippen LogP contribution is -2.64. The quantitative estimate of drug-likeness (QED) is 0.0719. The highest BCUT2D eigenvalue weighted by Gasteiger charge is 2.49. The number of nitrogens with zero attached hydrogens (tertiary/aromatic N) is 6. The standard InChI is InChI=1S/C30H58N4O2.C24H46N4O4.C15H30N2O/c1-11-13-17-33(23-19-27(3,4)31-28(5,6)20-23)25(35)15-16-26(36)34(18-14-12-2)24-21-29(7,8)32-30(9,10)22-24;1-21(2)11-15(12-22(3,4)27(21)9)25-19(31)17(29)18(30)20(32)26-16-13-23(5,6)28(10)24(7,8)14-16;1-8-9-17(12(2)18)13-10-14(3,4)16(7)15(5,6)11-13/h23-24,31-32H,11-22H2,1-10H3;15-18,29-30H,11-14H2,1-10H3,(H,25,31)(H,26,32);13H,8-11H2,1-7H3. The van der Waals surface area contributed by atoms with Crippen molar-refractivity contribution in [2.24, 2.45) is 0 Å². The Hall–Kier alpha value is -2.93. The maximum atomic E-state index is 13.6. The lowest BCUT2D eigenvalue weighted by molar-refractivity contribution is -0.148. The summed E-state index contributed by atoms with van der Waals surface area (Å²) in [4.78, 5) is 77.8. The van der Waals surface area contributed by atoms with Gasteiger partial charge in [-0.3, -0.25) is 38.7 Å². The van der Waals surface area contributed by atoms with Gasteiger partial charge in [0.1, 0.15) is 0 Å². The number of piperidine rings is 5. The zero-order chi connectivity index (χ0) is 66.4. The Bertz CT molecular complexity index is 2030. The molecular formula is C69H134N10O7. The number of aliphatic hydroxyl groups excluding tert-OH is 2. The zero-order valence-corrected chi connectivity index (χ0v) is 60.3. The number of hydrogen-bond donors (Lipinski definition) is 6. The molecule has 5 rings (SSSR count). The third kappa shape index (κ3) is 21.6. The van der Waals surface area contributed by atoms with Crippen molar-refractivity contribution >= 4 is 29.5 Å². The summed E-state index contributed by atoms with van der Waals surface area (Å²) >= 11 is 0. The van der Waals surface area contributed by atoms with Crippen molar-refractivity contribution in [3.8, 4) is 0 Å². The number of hydrogen-bond acceptors (Lipinski definition) is 12. The molecule has 2 unspecified atom stereocenters. The molecule has 5 saturated heterocycles. The minimum Gasteiger partial charge on any atom is -0.380 e. The van der Waals surface area contributed by atoms with E-state index in [9.17, 15) is 34.2 Å². The van der Waals surface area contributed by atoms with Crippen molar-refractivity contribution in [3.63, 3.8) is 0 Å². The average Bonchev–Trinajstić information content (AvgIpc) is 0.957. The van der Waals surface area contributed by atoms with Gasteiger partial charge in [0.25, 0.3) is 11.8 Å². The van der Waals surface area contributed by atoms with Gasteiger partial charge < -0.3 is 46.2 Å². The minimum absolute atomic E-state index is 0.0153. The fourth-order valence-electron chi connectivity index (χ4n) is 16.3. The summed E-state index contributed by atoms with van der Waals surface area (Å²) in [7, 11) is 6.35. The maximum absolute atomic E-state index is 13.6. The van der Waals surface area contributed by atoms with E-state index in [1.165, 1.54) is 0 Å². The summed E-state index contributed by atoms with van der Waals surface area (Å²) < 4.78 is 0. The van der Waals surface area contributed by atoms with Crippen LogP contribution in [0.15, 0.2) is 0 Å². The summed E-state index contributed by atoms with van der Waals surface area (Å²) in [5.74, 6) is -0.901. The van der Waals surface area contributed by atoms with E-state index in [0.29, 0.717) is 44.6 Å². The van der Waals surface area contributed by atoms with Gasteiger partial charge in [-0.1, -0.05) is 33.6 Å². The van der Waals surface area contributed by atoms with E-state index >= 15 is 0 Å². The highest BCUT2D eigenvalue weighted by molar-refractivity contribution is 5.91. The smallest absolute Gasteiger partial charge is 0.252 e. The van der Waals surface area contributed by atoms with Crippen molar-refractivity contribution in [1.82, 2.24) is 50.7 Å². The first-order valence-electron chi connectivity index (χ1n) is 33.5. The molecule has 0 aliphatic carbocycles. The Balaban J connectivity index is 0.000000355. The van der Waals surface area contributed by atoms with Crippen molar-refractivity contribution < 1.29 is 34.2 Å². The maximum Gasteiger partial charge on any atom is 0.252 e. The van der Waals surface area contributed by atoms with Gasteiger partial charge in [0.15, 0.2) is 12.2 Å². The van der Waals surface area contributed by atoms with Crippen LogP contribution in [0.1, 0.15) is 275 Å². The summed E-state index contributed by atoms with van der Waals surface area (Å²) in [6, 6.07) is 0.511. The molecule has 0 aromatic carbocycles. The Morgan fingerprint density at radius 3 is 0.919 bits per heavy atom. The third-order valence-electron chi connectivity index (χ3n) is 20.7. The third-order valence-corrected chi connectivity index (χ3v) is 20.7. The second kappa shape index (κ2) is 29.6. The molecule has 5 aliphatic heterocycles. The van der Waals surface area contributed by atoms with Gasteiger partial charge in [-0.25, -0.2) is 0 Å². The van der Waals surface area contributed by atoms with Crippen LogP contribution in [-0.2, 0) is 24.0 Å². The van der Waals surface area contributed by atoms with E-state index in [1.807, 2.05) is 0 Å². The van der Waals surface area contributed by atoms with Gasteiger partial charge in [-0.15, -0.1) is 0 Å².